The molecule has 0 radical (unpaired) electrons. The lowest BCUT2D eigenvalue weighted by molar-refractivity contribution is -0.147. The number of rotatable bonds is 3. The lowest BCUT2D eigenvalue weighted by atomic mass is 9.97. The number of benzene rings is 1. The molecule has 1 aliphatic heterocycles. The maximum absolute atomic E-state index is 12.9. The summed E-state index contributed by atoms with van der Waals surface area (Å²) in [6, 6.07) is 3.96. The van der Waals surface area contributed by atoms with Crippen molar-refractivity contribution in [2.75, 3.05) is 6.54 Å². The lowest BCUT2D eigenvalue weighted by Gasteiger charge is -2.30. The van der Waals surface area contributed by atoms with E-state index in [-0.39, 0.29) is 30.4 Å². The van der Waals surface area contributed by atoms with Crippen LogP contribution in [-0.2, 0) is 16.1 Å². The molecule has 102 valence electrons. The van der Waals surface area contributed by atoms with E-state index in [1.54, 1.807) is 0 Å². The number of hydrogen-bond acceptors (Lipinski definition) is 2. The fourth-order valence-corrected chi connectivity index (χ4v) is 2.35. The Bertz CT molecular complexity index is 521. The van der Waals surface area contributed by atoms with Crippen LogP contribution in [0.4, 0.5) is 4.39 Å². The van der Waals surface area contributed by atoms with Crippen LogP contribution in [0, 0.1) is 11.7 Å². The number of carbonyl (C=O) groups is 2. The van der Waals surface area contributed by atoms with Gasteiger partial charge in [-0.15, -0.1) is 0 Å². The van der Waals surface area contributed by atoms with Crippen LogP contribution in [0.2, 0.25) is 5.02 Å². The minimum Gasteiger partial charge on any atom is -0.481 e. The number of carboxylic acid groups (broad SMARTS) is 1. The summed E-state index contributed by atoms with van der Waals surface area (Å²) in [5.74, 6) is -1.99. The molecule has 0 saturated carbocycles. The van der Waals surface area contributed by atoms with E-state index < -0.39 is 17.7 Å². The highest BCUT2D eigenvalue weighted by atomic mass is 35.5. The summed E-state index contributed by atoms with van der Waals surface area (Å²) in [6.07, 6.45) is 0.581. The van der Waals surface area contributed by atoms with Gasteiger partial charge in [0.25, 0.3) is 0 Å². The summed E-state index contributed by atoms with van der Waals surface area (Å²) in [6.45, 7) is 0.379. The number of aliphatic carboxylic acids is 1. The number of halogens is 2. The first-order chi connectivity index (χ1) is 8.97. The highest BCUT2D eigenvalue weighted by Crippen LogP contribution is 2.23. The first-order valence-electron chi connectivity index (χ1n) is 5.92. The molecule has 4 nitrogen and oxygen atoms in total. The lowest BCUT2D eigenvalue weighted by Crippen LogP contribution is -2.42. The van der Waals surface area contributed by atoms with E-state index in [0.29, 0.717) is 12.0 Å². The van der Waals surface area contributed by atoms with Gasteiger partial charge >= 0.3 is 5.97 Å². The van der Waals surface area contributed by atoms with E-state index in [2.05, 4.69) is 0 Å². The zero-order chi connectivity index (χ0) is 14.0. The fourth-order valence-electron chi connectivity index (χ4n) is 2.12. The van der Waals surface area contributed by atoms with Crippen molar-refractivity contribution in [3.63, 3.8) is 0 Å². The molecule has 2 rings (SSSR count). The average molecular weight is 286 g/mol. The number of piperidine rings is 1. The van der Waals surface area contributed by atoms with Gasteiger partial charge in [0.1, 0.15) is 5.82 Å². The second-order valence-corrected chi connectivity index (χ2v) is 4.99. The second-order valence-electron chi connectivity index (χ2n) is 4.58. The molecule has 1 atom stereocenters. The van der Waals surface area contributed by atoms with E-state index in [4.69, 9.17) is 16.7 Å². The van der Waals surface area contributed by atoms with Gasteiger partial charge in [-0.05, 0) is 24.1 Å². The molecule has 6 heteroatoms. The minimum atomic E-state index is -0.900. The standard InChI is InChI=1S/C13H13ClFNO3/c14-11-5-10(15)3-1-8(11)6-16-7-9(13(18)19)2-4-12(16)17/h1,3,5,9H,2,4,6-7H2,(H,18,19). The van der Waals surface area contributed by atoms with Crippen LogP contribution in [0.15, 0.2) is 18.2 Å². The summed E-state index contributed by atoms with van der Waals surface area (Å²) in [5.41, 5.74) is 0.613. The molecule has 0 bridgehead atoms. The Labute approximate surface area is 114 Å². The van der Waals surface area contributed by atoms with Crippen LogP contribution in [0.1, 0.15) is 18.4 Å². The van der Waals surface area contributed by atoms with Crippen LogP contribution >= 0.6 is 11.6 Å². The fraction of sp³-hybridized carbons (Fsp3) is 0.385. The van der Waals surface area contributed by atoms with Crippen molar-refractivity contribution in [3.05, 3.63) is 34.6 Å². The predicted octanol–water partition coefficient (Wildman–Crippen LogP) is 2.30. The average Bonchev–Trinajstić information content (AvgIpc) is 2.34. The summed E-state index contributed by atoms with van der Waals surface area (Å²) in [5, 5.41) is 9.23. The molecule has 1 unspecified atom stereocenters. The number of amides is 1. The summed E-state index contributed by atoms with van der Waals surface area (Å²) in [7, 11) is 0. The smallest absolute Gasteiger partial charge is 0.308 e. The zero-order valence-electron chi connectivity index (χ0n) is 10.1. The molecular weight excluding hydrogens is 273 g/mol. The topological polar surface area (TPSA) is 57.6 Å². The molecule has 0 spiro atoms. The van der Waals surface area contributed by atoms with Crippen molar-refractivity contribution in [3.8, 4) is 0 Å². The van der Waals surface area contributed by atoms with Crippen LogP contribution in [0.3, 0.4) is 0 Å². The van der Waals surface area contributed by atoms with E-state index in [1.165, 1.54) is 23.1 Å². The van der Waals surface area contributed by atoms with Crippen molar-refractivity contribution < 1.29 is 19.1 Å². The number of nitrogens with zero attached hydrogens (tertiary/aromatic N) is 1. The summed E-state index contributed by atoms with van der Waals surface area (Å²) >= 11 is 5.90. The molecule has 1 heterocycles. The molecule has 1 fully saturated rings. The van der Waals surface area contributed by atoms with E-state index >= 15 is 0 Å². The molecule has 1 aromatic carbocycles. The number of carbonyl (C=O) groups excluding carboxylic acids is 1. The largest absolute Gasteiger partial charge is 0.481 e. The highest BCUT2D eigenvalue weighted by molar-refractivity contribution is 6.31. The Hall–Kier alpha value is -1.62. The third-order valence-corrected chi connectivity index (χ3v) is 3.58. The molecule has 0 aliphatic carbocycles. The maximum atomic E-state index is 12.9. The SMILES string of the molecule is O=C(O)C1CCC(=O)N(Cc2ccc(F)cc2Cl)C1. The third kappa shape index (κ3) is 3.23. The van der Waals surface area contributed by atoms with Crippen molar-refractivity contribution in [2.24, 2.45) is 5.92 Å². The Morgan fingerprint density at radius 3 is 2.89 bits per heavy atom. The molecule has 1 saturated heterocycles. The Morgan fingerprint density at radius 1 is 1.53 bits per heavy atom. The molecular formula is C13H13ClFNO3. The Kier molecular flexibility index (Phi) is 4.04. The van der Waals surface area contributed by atoms with Crippen molar-refractivity contribution >= 4 is 23.5 Å². The first-order valence-corrected chi connectivity index (χ1v) is 6.29. The normalized spacial score (nSPS) is 19.6. The van der Waals surface area contributed by atoms with E-state index in [9.17, 15) is 14.0 Å². The number of hydrogen-bond donors (Lipinski definition) is 1. The van der Waals surface area contributed by atoms with Gasteiger partial charge in [-0.3, -0.25) is 9.59 Å². The van der Waals surface area contributed by atoms with Gasteiger partial charge in [-0.2, -0.15) is 0 Å². The van der Waals surface area contributed by atoms with Gasteiger partial charge in [-0.1, -0.05) is 17.7 Å². The summed E-state index contributed by atoms with van der Waals surface area (Å²) in [4.78, 5) is 24.2. The van der Waals surface area contributed by atoms with Crippen molar-refractivity contribution in [1.29, 1.82) is 0 Å². The van der Waals surface area contributed by atoms with Gasteiger partial charge in [0, 0.05) is 24.5 Å². The van der Waals surface area contributed by atoms with E-state index in [1.807, 2.05) is 0 Å². The number of likely N-dealkylation sites (tertiary alicyclic amines) is 1. The van der Waals surface area contributed by atoms with Gasteiger partial charge in [-0.25, -0.2) is 4.39 Å². The Balaban J connectivity index is 2.12. The van der Waals surface area contributed by atoms with Crippen LogP contribution in [0.5, 0.6) is 0 Å². The van der Waals surface area contributed by atoms with Gasteiger partial charge in [0.2, 0.25) is 5.91 Å². The summed E-state index contributed by atoms with van der Waals surface area (Å²) < 4.78 is 12.9. The third-order valence-electron chi connectivity index (χ3n) is 3.23. The van der Waals surface area contributed by atoms with Crippen LogP contribution in [0.25, 0.3) is 0 Å². The molecule has 1 aliphatic rings. The Morgan fingerprint density at radius 2 is 2.26 bits per heavy atom. The van der Waals surface area contributed by atoms with Gasteiger partial charge in [0.15, 0.2) is 0 Å². The van der Waals surface area contributed by atoms with Gasteiger partial charge in [0.05, 0.1) is 5.92 Å². The van der Waals surface area contributed by atoms with Crippen LogP contribution in [-0.4, -0.2) is 28.4 Å². The number of carboxylic acids is 1. The van der Waals surface area contributed by atoms with Crippen LogP contribution < -0.4 is 0 Å². The molecule has 19 heavy (non-hydrogen) atoms. The monoisotopic (exact) mass is 285 g/mol. The zero-order valence-corrected chi connectivity index (χ0v) is 10.9. The minimum absolute atomic E-state index is 0.0992. The molecule has 1 N–H and O–H groups in total. The van der Waals surface area contributed by atoms with Crippen molar-refractivity contribution in [1.82, 2.24) is 4.90 Å². The molecule has 1 amide bonds. The first kappa shape index (κ1) is 13.8. The second kappa shape index (κ2) is 5.57. The quantitative estimate of drug-likeness (QED) is 0.927. The highest BCUT2D eigenvalue weighted by Gasteiger charge is 2.30. The van der Waals surface area contributed by atoms with Gasteiger partial charge < -0.3 is 10.0 Å². The molecule has 0 aromatic heterocycles. The van der Waals surface area contributed by atoms with E-state index in [0.717, 1.165) is 0 Å². The van der Waals surface area contributed by atoms with Crippen molar-refractivity contribution in [2.45, 2.75) is 19.4 Å². The molecule has 1 aromatic rings. The maximum Gasteiger partial charge on any atom is 0.308 e. The predicted molar refractivity (Wildman–Crippen MR) is 67.2 cm³/mol.